The van der Waals surface area contributed by atoms with Crippen LogP contribution in [0.1, 0.15) is 25.0 Å². The molecule has 1 aliphatic carbocycles. The predicted octanol–water partition coefficient (Wildman–Crippen LogP) is 2.35. The second-order valence-electron chi connectivity index (χ2n) is 6.09. The lowest BCUT2D eigenvalue weighted by Crippen LogP contribution is -2.55. The van der Waals surface area contributed by atoms with Crippen LogP contribution in [0.2, 0.25) is 0 Å². The van der Waals surface area contributed by atoms with Gasteiger partial charge in [0.25, 0.3) is 0 Å². The minimum Gasteiger partial charge on any atom is -0.368 e. The van der Waals surface area contributed by atoms with Crippen LogP contribution in [0.3, 0.4) is 0 Å². The summed E-state index contributed by atoms with van der Waals surface area (Å²) in [6.07, 6.45) is 3.89. The molecule has 0 aromatic heterocycles. The van der Waals surface area contributed by atoms with Crippen molar-refractivity contribution in [2.45, 2.75) is 32.4 Å². The first-order chi connectivity index (χ1) is 9.60. The molecule has 0 saturated carbocycles. The Labute approximate surface area is 120 Å². The maximum Gasteiger partial charge on any atom is 0.150 e. The summed E-state index contributed by atoms with van der Waals surface area (Å²) in [4.78, 5) is 16.0. The van der Waals surface area contributed by atoms with Gasteiger partial charge in [-0.05, 0) is 50.6 Å². The van der Waals surface area contributed by atoms with E-state index in [1.165, 1.54) is 11.3 Å². The quantitative estimate of drug-likeness (QED) is 0.771. The SMILES string of the molecule is CC1CN(c2ccc3c(c2)C(C=O)=CC3)CC(C)N1C. The maximum atomic E-state index is 11.1. The monoisotopic (exact) mass is 270 g/mol. The third-order valence-corrected chi connectivity index (χ3v) is 4.80. The first-order valence-electron chi connectivity index (χ1n) is 7.35. The molecule has 2 aliphatic rings. The third-order valence-electron chi connectivity index (χ3n) is 4.80. The molecule has 2 unspecified atom stereocenters. The van der Waals surface area contributed by atoms with Crippen molar-refractivity contribution < 1.29 is 4.79 Å². The van der Waals surface area contributed by atoms with E-state index in [0.29, 0.717) is 12.1 Å². The molecule has 106 valence electrons. The second kappa shape index (κ2) is 5.06. The van der Waals surface area contributed by atoms with Crippen LogP contribution < -0.4 is 4.90 Å². The summed E-state index contributed by atoms with van der Waals surface area (Å²) in [5.41, 5.74) is 4.48. The van der Waals surface area contributed by atoms with Gasteiger partial charge in [-0.2, -0.15) is 0 Å². The van der Waals surface area contributed by atoms with Gasteiger partial charge >= 0.3 is 0 Å². The Bertz CT molecular complexity index is 552. The number of hydrogen-bond donors (Lipinski definition) is 0. The lowest BCUT2D eigenvalue weighted by molar-refractivity contribution is -0.103. The van der Waals surface area contributed by atoms with Gasteiger partial charge in [0.15, 0.2) is 0 Å². The minimum absolute atomic E-state index is 0.549. The highest BCUT2D eigenvalue weighted by Gasteiger charge is 2.27. The Morgan fingerprint density at radius 2 is 1.90 bits per heavy atom. The number of benzene rings is 1. The van der Waals surface area contributed by atoms with Crippen LogP contribution in [-0.2, 0) is 11.2 Å². The van der Waals surface area contributed by atoms with E-state index in [-0.39, 0.29) is 0 Å². The summed E-state index contributed by atoms with van der Waals surface area (Å²) in [5, 5.41) is 0. The minimum atomic E-state index is 0.549. The Morgan fingerprint density at radius 1 is 1.20 bits per heavy atom. The van der Waals surface area contributed by atoms with Crippen LogP contribution >= 0.6 is 0 Å². The first kappa shape index (κ1) is 13.4. The summed E-state index contributed by atoms with van der Waals surface area (Å²) in [6, 6.07) is 7.66. The maximum absolute atomic E-state index is 11.1. The van der Waals surface area contributed by atoms with E-state index in [1.807, 2.05) is 6.08 Å². The molecule has 3 nitrogen and oxygen atoms in total. The molecule has 2 atom stereocenters. The molecule has 1 saturated heterocycles. The van der Waals surface area contributed by atoms with Crippen LogP contribution in [-0.4, -0.2) is 43.4 Å². The molecule has 1 aliphatic heterocycles. The molecule has 0 radical (unpaired) electrons. The van der Waals surface area contributed by atoms with Gasteiger partial charge in [-0.25, -0.2) is 0 Å². The molecule has 1 aromatic rings. The van der Waals surface area contributed by atoms with Gasteiger partial charge < -0.3 is 4.90 Å². The van der Waals surface area contributed by atoms with Crippen LogP contribution in [0.15, 0.2) is 24.3 Å². The molecule has 0 amide bonds. The van der Waals surface area contributed by atoms with Crippen molar-refractivity contribution in [3.8, 4) is 0 Å². The van der Waals surface area contributed by atoms with E-state index in [2.05, 4.69) is 48.9 Å². The van der Waals surface area contributed by atoms with Crippen LogP contribution in [0, 0.1) is 0 Å². The zero-order chi connectivity index (χ0) is 14.3. The number of nitrogens with zero attached hydrogens (tertiary/aromatic N) is 2. The molecule has 0 N–H and O–H groups in total. The number of likely N-dealkylation sites (N-methyl/N-ethyl adjacent to an activating group) is 1. The topological polar surface area (TPSA) is 23.6 Å². The molecule has 1 heterocycles. The number of fused-ring (bicyclic) bond motifs is 1. The van der Waals surface area contributed by atoms with Gasteiger partial charge in [0, 0.05) is 36.4 Å². The lowest BCUT2D eigenvalue weighted by Gasteiger charge is -2.43. The lowest BCUT2D eigenvalue weighted by atomic mass is 10.0. The third kappa shape index (κ3) is 2.16. The van der Waals surface area contributed by atoms with Crippen molar-refractivity contribution in [2.24, 2.45) is 0 Å². The van der Waals surface area contributed by atoms with Crippen molar-refractivity contribution in [1.29, 1.82) is 0 Å². The van der Waals surface area contributed by atoms with Crippen LogP contribution in [0.4, 0.5) is 5.69 Å². The smallest absolute Gasteiger partial charge is 0.150 e. The van der Waals surface area contributed by atoms with Gasteiger partial charge in [-0.1, -0.05) is 12.1 Å². The van der Waals surface area contributed by atoms with E-state index in [1.54, 1.807) is 0 Å². The number of carbonyl (C=O) groups excluding carboxylic acids is 1. The number of allylic oxidation sites excluding steroid dienone is 2. The van der Waals surface area contributed by atoms with Gasteiger partial charge in [-0.15, -0.1) is 0 Å². The summed E-state index contributed by atoms with van der Waals surface area (Å²) in [6.45, 7) is 6.62. The molecule has 1 fully saturated rings. The zero-order valence-corrected chi connectivity index (χ0v) is 12.5. The number of hydrogen-bond acceptors (Lipinski definition) is 3. The van der Waals surface area contributed by atoms with Crippen molar-refractivity contribution in [3.63, 3.8) is 0 Å². The Kier molecular flexibility index (Phi) is 3.38. The normalized spacial score (nSPS) is 26.4. The predicted molar refractivity (Wildman–Crippen MR) is 83.1 cm³/mol. The largest absolute Gasteiger partial charge is 0.368 e. The number of rotatable bonds is 2. The highest BCUT2D eigenvalue weighted by atomic mass is 16.1. The number of piperazine rings is 1. The number of carbonyl (C=O) groups is 1. The zero-order valence-electron chi connectivity index (χ0n) is 12.5. The van der Waals surface area contributed by atoms with E-state index >= 15 is 0 Å². The standard InChI is InChI=1S/C17H22N2O/c1-12-9-19(10-13(2)18(12)3)16-7-6-14-4-5-15(11-20)17(14)8-16/h5-8,11-13H,4,9-10H2,1-3H3. The fourth-order valence-corrected chi connectivity index (χ4v) is 3.26. The van der Waals surface area contributed by atoms with E-state index < -0.39 is 0 Å². The first-order valence-corrected chi connectivity index (χ1v) is 7.35. The van der Waals surface area contributed by atoms with E-state index in [4.69, 9.17) is 0 Å². The Morgan fingerprint density at radius 3 is 2.55 bits per heavy atom. The highest BCUT2D eigenvalue weighted by Crippen LogP contribution is 2.31. The van der Waals surface area contributed by atoms with Crippen molar-refractivity contribution in [1.82, 2.24) is 4.90 Å². The van der Waals surface area contributed by atoms with Gasteiger partial charge in [0.05, 0.1) is 0 Å². The van der Waals surface area contributed by atoms with Crippen LogP contribution in [0.5, 0.6) is 0 Å². The molecule has 3 rings (SSSR count). The van der Waals surface area contributed by atoms with Gasteiger partial charge in [0.1, 0.15) is 6.29 Å². The second-order valence-corrected chi connectivity index (χ2v) is 6.09. The summed E-state index contributed by atoms with van der Waals surface area (Å²) >= 11 is 0. The van der Waals surface area contributed by atoms with Crippen LogP contribution in [0.25, 0.3) is 5.57 Å². The van der Waals surface area contributed by atoms with E-state index in [9.17, 15) is 4.79 Å². The Balaban J connectivity index is 1.89. The molecule has 0 bridgehead atoms. The molecular weight excluding hydrogens is 248 g/mol. The molecule has 1 aromatic carbocycles. The number of aldehydes is 1. The summed E-state index contributed by atoms with van der Waals surface area (Å²) in [5.74, 6) is 0. The highest BCUT2D eigenvalue weighted by molar-refractivity contribution is 6.09. The van der Waals surface area contributed by atoms with Gasteiger partial charge in [-0.3, -0.25) is 9.69 Å². The molecule has 3 heteroatoms. The summed E-state index contributed by atoms with van der Waals surface area (Å²) in [7, 11) is 2.20. The fraction of sp³-hybridized carbons (Fsp3) is 0.471. The molecule has 0 spiro atoms. The van der Waals surface area contributed by atoms with Crippen molar-refractivity contribution >= 4 is 17.5 Å². The molecular formula is C17H22N2O. The van der Waals surface area contributed by atoms with Crippen molar-refractivity contribution in [2.75, 3.05) is 25.0 Å². The average Bonchev–Trinajstić information content (AvgIpc) is 2.86. The number of anilines is 1. The average molecular weight is 270 g/mol. The summed E-state index contributed by atoms with van der Waals surface area (Å²) < 4.78 is 0. The Hall–Kier alpha value is -1.61. The van der Waals surface area contributed by atoms with E-state index in [0.717, 1.165) is 36.9 Å². The van der Waals surface area contributed by atoms with Gasteiger partial charge in [0.2, 0.25) is 0 Å². The molecule has 20 heavy (non-hydrogen) atoms. The van der Waals surface area contributed by atoms with Crippen molar-refractivity contribution in [3.05, 3.63) is 35.4 Å². The fourth-order valence-electron chi connectivity index (χ4n) is 3.26.